The maximum Gasteiger partial charge on any atom is 0.156 e. The first-order chi connectivity index (χ1) is 30.5. The third-order valence-corrected chi connectivity index (χ3v) is 8.96. The molecule has 364 valence electrons. The van der Waals surface area contributed by atoms with Gasteiger partial charge < -0.3 is 9.97 Å². The predicted octanol–water partition coefficient (Wildman–Crippen LogP) is 17.0. The van der Waals surface area contributed by atoms with Gasteiger partial charge in [0.05, 0.1) is 6.54 Å². The smallest absolute Gasteiger partial charge is 0.156 e. The molecule has 8 heteroatoms. The van der Waals surface area contributed by atoms with E-state index in [1.54, 1.807) is 18.6 Å². The Labute approximate surface area is 399 Å². The zero-order chi connectivity index (χ0) is 51.1. The first-order valence-electron chi connectivity index (χ1n) is 24.2. The predicted molar refractivity (Wildman–Crippen MR) is 291 cm³/mol. The van der Waals surface area contributed by atoms with Crippen LogP contribution in [0.1, 0.15) is 195 Å². The summed E-state index contributed by atoms with van der Waals surface area (Å²) in [5, 5.41) is 1.23. The van der Waals surface area contributed by atoms with Gasteiger partial charge in [-0.1, -0.05) is 185 Å². The third-order valence-electron chi connectivity index (χ3n) is 8.96. The molecule has 0 atom stereocenters. The van der Waals surface area contributed by atoms with E-state index in [0.717, 1.165) is 23.4 Å². The van der Waals surface area contributed by atoms with Gasteiger partial charge in [0.2, 0.25) is 0 Å². The van der Waals surface area contributed by atoms with Crippen molar-refractivity contribution in [2.24, 2.45) is 10.4 Å². The van der Waals surface area contributed by atoms with Gasteiger partial charge in [0.25, 0.3) is 0 Å². The van der Waals surface area contributed by atoms with E-state index in [2.05, 4.69) is 180 Å². The molecule has 7 rings (SSSR count). The second-order valence-corrected chi connectivity index (χ2v) is 18.9. The number of hydrogen-bond donors (Lipinski definition) is 2. The molecule has 8 nitrogen and oxygen atoms in total. The average molecular weight is 893 g/mol. The van der Waals surface area contributed by atoms with Gasteiger partial charge in [0, 0.05) is 72.9 Å². The minimum Gasteiger partial charge on any atom is -0.346 e. The molecule has 0 saturated heterocycles. The monoisotopic (exact) mass is 893 g/mol. The van der Waals surface area contributed by atoms with E-state index in [4.69, 9.17) is 0 Å². The van der Waals surface area contributed by atoms with Crippen LogP contribution in [0.25, 0.3) is 22.2 Å². The van der Waals surface area contributed by atoms with Crippen LogP contribution in [0, 0.1) is 5.41 Å². The van der Waals surface area contributed by atoms with Crippen LogP contribution in [0.4, 0.5) is 0 Å². The number of aliphatic imine (C=N–C) groups is 1. The SMILES string of the molecule is CC.CC.CC.CC.CC.CC(C)(C)C1=CCN=C1.CC(C)(C)c1c[nH]c2ncccc12.CC(C)(C)c1c[nH]c2nccnc12.CC(C)(C)c1cccnc1.CC(C)(C)c1ccncc1. The van der Waals surface area contributed by atoms with Crippen molar-refractivity contribution in [3.63, 3.8) is 0 Å². The van der Waals surface area contributed by atoms with Crippen LogP contribution in [0.5, 0.6) is 0 Å². The topological polar surface area (TPSA) is 108 Å². The number of nitrogens with zero attached hydrogens (tertiary/aromatic N) is 6. The molecule has 0 amide bonds. The van der Waals surface area contributed by atoms with Crippen LogP contribution in [0.2, 0.25) is 0 Å². The second-order valence-electron chi connectivity index (χ2n) is 18.9. The maximum atomic E-state index is 4.31. The number of hydrogen-bond acceptors (Lipinski definition) is 6. The summed E-state index contributed by atoms with van der Waals surface area (Å²) in [4.78, 5) is 31.2. The normalized spacial score (nSPS) is 11.4. The highest BCUT2D eigenvalue weighted by Gasteiger charge is 2.20. The average Bonchev–Trinajstić information content (AvgIpc) is 4.09. The zero-order valence-electron chi connectivity index (χ0n) is 46.2. The summed E-state index contributed by atoms with van der Waals surface area (Å²) in [5.74, 6) is 0. The molecule has 0 aliphatic carbocycles. The van der Waals surface area contributed by atoms with Crippen LogP contribution in [-0.4, -0.2) is 47.6 Å². The van der Waals surface area contributed by atoms with E-state index >= 15 is 0 Å². The fraction of sp³-hybridized carbons (Fsp3) is 0.544. The van der Waals surface area contributed by atoms with Crippen LogP contribution in [0.3, 0.4) is 0 Å². The number of pyridine rings is 3. The van der Waals surface area contributed by atoms with Crippen LogP contribution < -0.4 is 0 Å². The summed E-state index contributed by atoms with van der Waals surface area (Å²) in [6, 6.07) is 12.3. The standard InChI is InChI=1S/C11H14N2.C10H13N3.2C9H13N.C8H13N.5C2H6/c1-11(2,3)9-7-13-10-8(9)5-4-6-12-10;1-10(2,3)7-6-13-9-8(7)11-4-5-12-9;1-9(2,3)8-4-6-10-7-5-8;1-9(2,3)8-5-4-6-10-7-8;1-8(2,3)7-4-5-9-6-7;5*1-2/h4-7H,1-3H3,(H,12,13);4-6H,1-3H3,(H,12,13);2*4-7H,1-3H3;4,6H,5H2,1-3H3;5*1-2H3. The van der Waals surface area contributed by atoms with Crippen LogP contribution in [0.15, 0.2) is 109 Å². The first kappa shape index (κ1) is 64.3. The van der Waals surface area contributed by atoms with Crippen LogP contribution in [-0.2, 0) is 21.7 Å². The fourth-order valence-electron chi connectivity index (χ4n) is 5.51. The summed E-state index contributed by atoms with van der Waals surface area (Å²) in [6.07, 6.45) is 20.8. The quantitative estimate of drug-likeness (QED) is 0.158. The molecule has 0 spiro atoms. The number of rotatable bonds is 0. The Balaban J connectivity index is -0.000000708. The number of aromatic amines is 2. The minimum atomic E-state index is 0.119. The van der Waals surface area contributed by atoms with Crippen molar-refractivity contribution >= 4 is 28.4 Å². The minimum absolute atomic E-state index is 0.119. The number of aromatic nitrogens is 7. The molecule has 2 N–H and O–H groups in total. The highest BCUT2D eigenvalue weighted by Crippen LogP contribution is 2.29. The molecule has 1 aliphatic rings. The molecule has 0 saturated carbocycles. The van der Waals surface area contributed by atoms with Crippen molar-refractivity contribution in [3.05, 3.63) is 126 Å². The lowest BCUT2D eigenvalue weighted by molar-refractivity contribution is 0.527. The van der Waals surface area contributed by atoms with Crippen molar-refractivity contribution < 1.29 is 0 Å². The number of nitrogens with one attached hydrogen (secondary N) is 2. The molecule has 0 bridgehead atoms. The van der Waals surface area contributed by atoms with Crippen molar-refractivity contribution in [2.45, 2.75) is 195 Å². The molecular weight excluding hydrogens is 797 g/mol. The zero-order valence-corrected chi connectivity index (χ0v) is 46.2. The number of allylic oxidation sites excluding steroid dienone is 1. The lowest BCUT2D eigenvalue weighted by Crippen LogP contribution is -2.10. The number of H-pyrrole nitrogens is 2. The van der Waals surface area contributed by atoms with Gasteiger partial charge in [-0.2, -0.15) is 0 Å². The Morgan fingerprint density at radius 2 is 0.908 bits per heavy atom. The maximum absolute atomic E-state index is 4.31. The molecular formula is C57H96N8. The highest BCUT2D eigenvalue weighted by molar-refractivity contribution is 5.82. The van der Waals surface area contributed by atoms with Crippen molar-refractivity contribution in [1.29, 1.82) is 0 Å². The first-order valence-corrected chi connectivity index (χ1v) is 24.2. The van der Waals surface area contributed by atoms with Gasteiger partial charge in [-0.25, -0.2) is 9.97 Å². The summed E-state index contributed by atoms with van der Waals surface area (Å²) in [6.45, 7) is 53.8. The summed E-state index contributed by atoms with van der Waals surface area (Å²) >= 11 is 0. The molecule has 0 aromatic carbocycles. The Morgan fingerprint density at radius 3 is 1.31 bits per heavy atom. The number of fused-ring (bicyclic) bond motifs is 2. The molecule has 65 heavy (non-hydrogen) atoms. The lowest BCUT2D eigenvalue weighted by atomic mass is 9.87. The molecule has 6 aromatic heterocycles. The van der Waals surface area contributed by atoms with Gasteiger partial charge in [-0.05, 0) is 79.7 Å². The van der Waals surface area contributed by atoms with Gasteiger partial charge in [-0.15, -0.1) is 0 Å². The summed E-state index contributed by atoms with van der Waals surface area (Å²) in [5.41, 5.74) is 10.4. The van der Waals surface area contributed by atoms with Crippen molar-refractivity contribution in [2.75, 3.05) is 6.54 Å². The van der Waals surface area contributed by atoms with Crippen LogP contribution >= 0.6 is 0 Å². The van der Waals surface area contributed by atoms with E-state index in [1.165, 1.54) is 33.2 Å². The Bertz CT molecular complexity index is 1950. The second kappa shape index (κ2) is 32.6. The van der Waals surface area contributed by atoms with E-state index < -0.39 is 0 Å². The van der Waals surface area contributed by atoms with E-state index in [-0.39, 0.29) is 21.7 Å². The Morgan fingerprint density at radius 1 is 0.431 bits per heavy atom. The van der Waals surface area contributed by atoms with E-state index in [0.29, 0.717) is 5.41 Å². The summed E-state index contributed by atoms with van der Waals surface area (Å²) in [7, 11) is 0. The molecule has 0 unspecified atom stereocenters. The summed E-state index contributed by atoms with van der Waals surface area (Å²) < 4.78 is 0. The van der Waals surface area contributed by atoms with Gasteiger partial charge in [0.15, 0.2) is 5.65 Å². The fourth-order valence-corrected chi connectivity index (χ4v) is 5.51. The largest absolute Gasteiger partial charge is 0.346 e. The van der Waals surface area contributed by atoms with E-state index in [1.807, 2.05) is 119 Å². The highest BCUT2D eigenvalue weighted by atomic mass is 14.9. The van der Waals surface area contributed by atoms with Gasteiger partial charge in [0.1, 0.15) is 11.2 Å². The van der Waals surface area contributed by atoms with Gasteiger partial charge in [-0.3, -0.25) is 19.9 Å². The lowest BCUT2D eigenvalue weighted by Gasteiger charge is -2.17. The molecule has 1 aliphatic heterocycles. The molecule has 7 heterocycles. The molecule has 0 fully saturated rings. The Kier molecular flexibility index (Phi) is 32.3. The van der Waals surface area contributed by atoms with E-state index in [9.17, 15) is 0 Å². The van der Waals surface area contributed by atoms with Crippen molar-refractivity contribution in [1.82, 2.24) is 34.9 Å². The third kappa shape index (κ3) is 24.8. The van der Waals surface area contributed by atoms with Gasteiger partial charge >= 0.3 is 0 Å². The Hall–Kier alpha value is -4.98. The molecule has 6 aromatic rings. The molecule has 0 radical (unpaired) electrons. The van der Waals surface area contributed by atoms with Crippen molar-refractivity contribution in [3.8, 4) is 0 Å².